The molecule has 4 rings (SSSR count). The number of benzene rings is 2. The van der Waals surface area contributed by atoms with Crippen molar-refractivity contribution in [2.24, 2.45) is 0 Å². The molecule has 0 aliphatic carbocycles. The monoisotopic (exact) mass is 392 g/mol. The molecule has 0 unspecified atom stereocenters. The highest BCUT2D eigenvalue weighted by Crippen LogP contribution is 2.17. The second-order valence-corrected chi connectivity index (χ2v) is 7.47. The van der Waals surface area contributed by atoms with Crippen molar-refractivity contribution in [1.29, 1.82) is 0 Å². The number of aromatic nitrogens is 1. The molecule has 0 radical (unpaired) electrons. The maximum absolute atomic E-state index is 13.6. The largest absolute Gasteiger partial charge is 0.376 e. The molecule has 29 heavy (non-hydrogen) atoms. The Balaban J connectivity index is 1.46. The van der Waals surface area contributed by atoms with Crippen LogP contribution in [0.25, 0.3) is 5.69 Å². The van der Waals surface area contributed by atoms with E-state index in [9.17, 15) is 9.18 Å². The Morgan fingerprint density at radius 3 is 2.55 bits per heavy atom. The van der Waals surface area contributed by atoms with Crippen LogP contribution in [-0.4, -0.2) is 34.6 Å². The molecule has 1 aliphatic rings. The molecule has 1 fully saturated rings. The van der Waals surface area contributed by atoms with Gasteiger partial charge in [-0.2, -0.15) is 0 Å². The van der Waals surface area contributed by atoms with Crippen molar-refractivity contribution in [3.63, 3.8) is 0 Å². The summed E-state index contributed by atoms with van der Waals surface area (Å²) < 4.78 is 21.4. The Labute approximate surface area is 170 Å². The van der Waals surface area contributed by atoms with E-state index in [4.69, 9.17) is 4.74 Å². The first-order chi connectivity index (χ1) is 14.2. The summed E-state index contributed by atoms with van der Waals surface area (Å²) in [6.07, 6.45) is 6.33. The van der Waals surface area contributed by atoms with Gasteiger partial charge in [0, 0.05) is 37.8 Å². The normalized spacial score (nSPS) is 16.1. The summed E-state index contributed by atoms with van der Waals surface area (Å²) >= 11 is 0. The summed E-state index contributed by atoms with van der Waals surface area (Å²) in [6, 6.07) is 18.4. The van der Waals surface area contributed by atoms with Gasteiger partial charge >= 0.3 is 0 Å². The molecule has 2 heterocycles. The average Bonchev–Trinajstić information content (AvgIpc) is 3.42. The summed E-state index contributed by atoms with van der Waals surface area (Å²) in [5.41, 5.74) is 2.81. The van der Waals surface area contributed by atoms with E-state index >= 15 is 0 Å². The van der Waals surface area contributed by atoms with Crippen LogP contribution in [-0.2, 0) is 22.5 Å². The standard InChI is InChI=1S/C24H25FN2O2/c25-21-6-3-5-20(15-21)17-27(18-23-7-4-14-29-23)24(28)16-19-8-10-22(11-9-19)26-12-1-2-13-26/h1-3,5-6,8-13,15,23H,4,7,14,16-18H2/t23-/m0/s1. The molecule has 1 saturated heterocycles. The van der Waals surface area contributed by atoms with Crippen molar-refractivity contribution in [2.45, 2.75) is 31.9 Å². The van der Waals surface area contributed by atoms with Crippen LogP contribution in [0.5, 0.6) is 0 Å². The lowest BCUT2D eigenvalue weighted by Gasteiger charge is -2.26. The number of hydrogen-bond donors (Lipinski definition) is 0. The van der Waals surface area contributed by atoms with Crippen molar-refractivity contribution < 1.29 is 13.9 Å². The number of amides is 1. The third-order valence-corrected chi connectivity index (χ3v) is 5.26. The van der Waals surface area contributed by atoms with Crippen LogP contribution < -0.4 is 0 Å². The second kappa shape index (κ2) is 9.05. The number of halogens is 1. The van der Waals surface area contributed by atoms with Crippen molar-refractivity contribution in [1.82, 2.24) is 9.47 Å². The van der Waals surface area contributed by atoms with Gasteiger partial charge in [-0.3, -0.25) is 4.79 Å². The predicted octanol–water partition coefficient (Wildman–Crippen LogP) is 4.37. The third-order valence-electron chi connectivity index (χ3n) is 5.26. The summed E-state index contributed by atoms with van der Waals surface area (Å²) in [5.74, 6) is -0.258. The fraction of sp³-hybridized carbons (Fsp3) is 0.292. The highest BCUT2D eigenvalue weighted by Gasteiger charge is 2.23. The lowest BCUT2D eigenvalue weighted by Crippen LogP contribution is -2.37. The van der Waals surface area contributed by atoms with E-state index in [0.29, 0.717) is 19.5 Å². The molecular weight excluding hydrogens is 367 g/mol. The van der Waals surface area contributed by atoms with Crippen LogP contribution in [0.1, 0.15) is 24.0 Å². The van der Waals surface area contributed by atoms with Gasteiger partial charge in [0.05, 0.1) is 12.5 Å². The quantitative estimate of drug-likeness (QED) is 0.599. The van der Waals surface area contributed by atoms with Gasteiger partial charge in [-0.1, -0.05) is 24.3 Å². The van der Waals surface area contributed by atoms with E-state index in [-0.39, 0.29) is 17.8 Å². The fourth-order valence-corrected chi connectivity index (χ4v) is 3.72. The van der Waals surface area contributed by atoms with Crippen molar-refractivity contribution in [3.8, 4) is 5.69 Å². The zero-order valence-electron chi connectivity index (χ0n) is 16.3. The molecule has 1 atom stereocenters. The Morgan fingerprint density at radius 1 is 1.07 bits per heavy atom. The molecular formula is C24H25FN2O2. The van der Waals surface area contributed by atoms with Crippen LogP contribution in [0.15, 0.2) is 73.1 Å². The molecule has 4 nitrogen and oxygen atoms in total. The van der Waals surface area contributed by atoms with Crippen LogP contribution in [0.3, 0.4) is 0 Å². The van der Waals surface area contributed by atoms with E-state index in [2.05, 4.69) is 0 Å². The van der Waals surface area contributed by atoms with E-state index in [1.54, 1.807) is 11.0 Å². The van der Waals surface area contributed by atoms with Gasteiger partial charge in [-0.15, -0.1) is 0 Å². The summed E-state index contributed by atoms with van der Waals surface area (Å²) in [7, 11) is 0. The SMILES string of the molecule is O=C(Cc1ccc(-n2cccc2)cc1)N(Cc1cccc(F)c1)C[C@@H]1CCCO1. The number of nitrogens with zero attached hydrogens (tertiary/aromatic N) is 2. The summed E-state index contributed by atoms with van der Waals surface area (Å²) in [6.45, 7) is 1.67. The first-order valence-electron chi connectivity index (χ1n) is 10.0. The molecule has 1 aliphatic heterocycles. The minimum Gasteiger partial charge on any atom is -0.376 e. The third kappa shape index (κ3) is 5.12. The molecule has 2 aromatic carbocycles. The number of rotatable bonds is 7. The van der Waals surface area contributed by atoms with Crippen molar-refractivity contribution >= 4 is 5.91 Å². The first kappa shape index (κ1) is 19.4. The molecule has 0 bridgehead atoms. The van der Waals surface area contributed by atoms with Crippen LogP contribution >= 0.6 is 0 Å². The van der Waals surface area contributed by atoms with Gasteiger partial charge in [0.25, 0.3) is 0 Å². The number of carbonyl (C=O) groups excluding carboxylic acids is 1. The molecule has 3 aromatic rings. The molecule has 0 spiro atoms. The lowest BCUT2D eigenvalue weighted by molar-refractivity contribution is -0.132. The highest BCUT2D eigenvalue weighted by atomic mass is 19.1. The molecule has 5 heteroatoms. The van der Waals surface area contributed by atoms with Crippen molar-refractivity contribution in [2.75, 3.05) is 13.2 Å². The Morgan fingerprint density at radius 2 is 1.86 bits per heavy atom. The van der Waals surface area contributed by atoms with Crippen molar-refractivity contribution in [3.05, 3.63) is 90.0 Å². The number of carbonyl (C=O) groups is 1. The van der Waals surface area contributed by atoms with Gasteiger partial charge in [0.2, 0.25) is 5.91 Å². The smallest absolute Gasteiger partial charge is 0.227 e. The predicted molar refractivity (Wildman–Crippen MR) is 110 cm³/mol. The van der Waals surface area contributed by atoms with Gasteiger partial charge in [-0.05, 0) is 60.4 Å². The minimum atomic E-state index is -0.285. The average molecular weight is 392 g/mol. The minimum absolute atomic E-state index is 0.0264. The Hall–Kier alpha value is -2.92. The van der Waals surface area contributed by atoms with Gasteiger partial charge in [0.1, 0.15) is 5.82 Å². The first-order valence-corrected chi connectivity index (χ1v) is 10.0. The van der Waals surface area contributed by atoms with E-state index in [1.165, 1.54) is 12.1 Å². The van der Waals surface area contributed by atoms with Gasteiger partial charge in [-0.25, -0.2) is 4.39 Å². The Bertz CT molecular complexity index is 932. The van der Waals surface area contributed by atoms with Gasteiger partial charge < -0.3 is 14.2 Å². The maximum atomic E-state index is 13.6. The summed E-state index contributed by atoms with van der Waals surface area (Å²) in [4.78, 5) is 14.9. The zero-order chi connectivity index (χ0) is 20.1. The molecule has 1 aromatic heterocycles. The molecule has 0 saturated carbocycles. The van der Waals surface area contributed by atoms with Crippen LogP contribution in [0.4, 0.5) is 4.39 Å². The number of hydrogen-bond acceptors (Lipinski definition) is 2. The lowest BCUT2D eigenvalue weighted by atomic mass is 10.1. The summed E-state index contributed by atoms with van der Waals surface area (Å²) in [5, 5.41) is 0. The van der Waals surface area contributed by atoms with Gasteiger partial charge in [0.15, 0.2) is 0 Å². The van der Waals surface area contributed by atoms with Crippen LogP contribution in [0.2, 0.25) is 0 Å². The maximum Gasteiger partial charge on any atom is 0.227 e. The number of ether oxygens (including phenoxy) is 1. The van der Waals surface area contributed by atoms with E-state index < -0.39 is 0 Å². The Kier molecular flexibility index (Phi) is 6.06. The second-order valence-electron chi connectivity index (χ2n) is 7.47. The fourth-order valence-electron chi connectivity index (χ4n) is 3.72. The van der Waals surface area contributed by atoms with E-state index in [1.807, 2.05) is 59.4 Å². The topological polar surface area (TPSA) is 34.5 Å². The van der Waals surface area contributed by atoms with E-state index in [0.717, 1.165) is 36.3 Å². The highest BCUT2D eigenvalue weighted by molar-refractivity contribution is 5.79. The molecule has 0 N–H and O–H groups in total. The molecule has 150 valence electrons. The van der Waals surface area contributed by atoms with Crippen LogP contribution in [0, 0.1) is 5.82 Å². The molecule has 1 amide bonds. The zero-order valence-corrected chi connectivity index (χ0v) is 16.3.